The van der Waals surface area contributed by atoms with Crippen molar-refractivity contribution in [3.63, 3.8) is 0 Å². The van der Waals surface area contributed by atoms with Crippen LogP contribution in [0.2, 0.25) is 0 Å². The van der Waals surface area contributed by atoms with Gasteiger partial charge in [-0.15, -0.1) is 0 Å². The van der Waals surface area contributed by atoms with Gasteiger partial charge in [0.25, 0.3) is 0 Å². The summed E-state index contributed by atoms with van der Waals surface area (Å²) in [5, 5.41) is 0. The molecule has 0 radical (unpaired) electrons. The van der Waals surface area contributed by atoms with Crippen molar-refractivity contribution >= 4 is 6.29 Å². The number of hydrogen-bond acceptors (Lipinski definition) is 3. The Morgan fingerprint density at radius 2 is 1.57 bits per heavy atom. The first-order valence-electron chi connectivity index (χ1n) is 6.67. The lowest BCUT2D eigenvalue weighted by Crippen LogP contribution is -1.93. The quantitative estimate of drug-likeness (QED) is 0.652. The maximum Gasteiger partial charge on any atom is 0.185 e. The number of benzene rings is 2. The Hall–Kier alpha value is -2.81. The van der Waals surface area contributed by atoms with Crippen molar-refractivity contribution in [1.29, 1.82) is 0 Å². The average Bonchev–Trinajstić information content (AvgIpc) is 3.02. The minimum absolute atomic E-state index is 0.304. The van der Waals surface area contributed by atoms with Crippen LogP contribution in [-0.2, 0) is 6.61 Å². The highest BCUT2D eigenvalue weighted by Crippen LogP contribution is 2.22. The summed E-state index contributed by atoms with van der Waals surface area (Å²) in [7, 11) is 0. The zero-order valence-corrected chi connectivity index (χ0v) is 11.4. The lowest BCUT2D eigenvalue weighted by Gasteiger charge is -2.06. The zero-order valence-electron chi connectivity index (χ0n) is 11.4. The molecule has 3 aromatic rings. The van der Waals surface area contributed by atoms with Crippen molar-refractivity contribution in [2.45, 2.75) is 6.61 Å². The van der Waals surface area contributed by atoms with Gasteiger partial charge in [-0.05, 0) is 35.4 Å². The molecule has 0 spiro atoms. The molecule has 3 nitrogen and oxygen atoms in total. The van der Waals surface area contributed by atoms with Gasteiger partial charge in [0.05, 0.1) is 0 Å². The molecule has 0 saturated carbocycles. The molecule has 1 aromatic heterocycles. The van der Waals surface area contributed by atoms with Gasteiger partial charge in [0.1, 0.15) is 18.1 Å². The number of carbonyl (C=O) groups excluding carboxylic acids is 1. The molecular weight excluding hydrogens is 264 g/mol. The van der Waals surface area contributed by atoms with Gasteiger partial charge in [0, 0.05) is 0 Å². The topological polar surface area (TPSA) is 39.4 Å². The second kappa shape index (κ2) is 6.09. The van der Waals surface area contributed by atoms with Gasteiger partial charge < -0.3 is 9.15 Å². The van der Waals surface area contributed by atoms with E-state index < -0.39 is 0 Å². The van der Waals surface area contributed by atoms with Crippen LogP contribution in [0.15, 0.2) is 71.1 Å². The van der Waals surface area contributed by atoms with Crippen LogP contribution in [0, 0.1) is 0 Å². The predicted octanol–water partition coefficient (Wildman–Crippen LogP) is 4.34. The van der Waals surface area contributed by atoms with E-state index in [4.69, 9.17) is 9.15 Å². The van der Waals surface area contributed by atoms with E-state index in [0.29, 0.717) is 24.4 Å². The van der Waals surface area contributed by atoms with Crippen molar-refractivity contribution in [1.82, 2.24) is 0 Å². The second-order valence-corrected chi connectivity index (χ2v) is 4.60. The van der Waals surface area contributed by atoms with E-state index in [1.807, 2.05) is 42.5 Å². The van der Waals surface area contributed by atoms with Crippen LogP contribution in [0.5, 0.6) is 5.75 Å². The zero-order chi connectivity index (χ0) is 14.5. The Morgan fingerprint density at radius 1 is 0.857 bits per heavy atom. The number of hydrogen-bond donors (Lipinski definition) is 0. The van der Waals surface area contributed by atoms with Gasteiger partial charge in [-0.2, -0.15) is 0 Å². The first-order valence-corrected chi connectivity index (χ1v) is 6.67. The van der Waals surface area contributed by atoms with Crippen LogP contribution in [0.1, 0.15) is 16.3 Å². The molecule has 104 valence electrons. The van der Waals surface area contributed by atoms with Crippen LogP contribution in [0.4, 0.5) is 0 Å². The van der Waals surface area contributed by atoms with Crippen LogP contribution in [0.3, 0.4) is 0 Å². The number of aldehydes is 1. The van der Waals surface area contributed by atoms with E-state index >= 15 is 0 Å². The molecular formula is C18H14O3. The summed E-state index contributed by atoms with van der Waals surface area (Å²) < 4.78 is 10.9. The van der Waals surface area contributed by atoms with Gasteiger partial charge in [-0.25, -0.2) is 0 Å². The Morgan fingerprint density at radius 3 is 2.24 bits per heavy atom. The molecule has 0 saturated heterocycles. The third-order valence-corrected chi connectivity index (χ3v) is 3.14. The van der Waals surface area contributed by atoms with Crippen LogP contribution >= 0.6 is 0 Å². The third kappa shape index (κ3) is 3.20. The minimum Gasteiger partial charge on any atom is -0.486 e. The summed E-state index contributed by atoms with van der Waals surface area (Å²) in [4.78, 5) is 10.5. The fourth-order valence-electron chi connectivity index (χ4n) is 2.06. The van der Waals surface area contributed by atoms with E-state index in [9.17, 15) is 4.79 Å². The Labute approximate surface area is 122 Å². The minimum atomic E-state index is 0.304. The molecule has 0 aliphatic carbocycles. The fourth-order valence-corrected chi connectivity index (χ4v) is 2.06. The van der Waals surface area contributed by atoms with Crippen molar-refractivity contribution in [2.75, 3.05) is 0 Å². The molecule has 0 fully saturated rings. The van der Waals surface area contributed by atoms with E-state index in [1.165, 1.54) is 5.56 Å². The molecule has 0 aliphatic rings. The Balaban J connectivity index is 1.66. The first kappa shape index (κ1) is 13.2. The van der Waals surface area contributed by atoms with Crippen molar-refractivity contribution < 1.29 is 13.9 Å². The van der Waals surface area contributed by atoms with E-state index in [0.717, 1.165) is 11.3 Å². The summed E-state index contributed by atoms with van der Waals surface area (Å²) >= 11 is 0. The van der Waals surface area contributed by atoms with Gasteiger partial charge in [-0.3, -0.25) is 4.79 Å². The maximum atomic E-state index is 10.5. The summed E-state index contributed by atoms with van der Waals surface area (Å²) in [5.41, 5.74) is 2.31. The first-order chi connectivity index (χ1) is 10.3. The van der Waals surface area contributed by atoms with Crippen LogP contribution in [-0.4, -0.2) is 6.29 Å². The van der Waals surface area contributed by atoms with E-state index in [1.54, 1.807) is 12.1 Å². The number of carbonyl (C=O) groups is 1. The highest BCUT2D eigenvalue weighted by Gasteiger charge is 2.03. The Kier molecular flexibility index (Phi) is 3.83. The van der Waals surface area contributed by atoms with Crippen molar-refractivity contribution in [3.05, 3.63) is 78.3 Å². The highest BCUT2D eigenvalue weighted by atomic mass is 16.5. The lowest BCUT2D eigenvalue weighted by molar-refractivity contribution is 0.109. The van der Waals surface area contributed by atoms with Crippen molar-refractivity contribution in [2.24, 2.45) is 0 Å². The summed E-state index contributed by atoms with van der Waals surface area (Å²) in [6, 6.07) is 21.4. The summed E-state index contributed by atoms with van der Waals surface area (Å²) in [6.45, 7) is 0.304. The molecule has 0 unspecified atom stereocenters. The van der Waals surface area contributed by atoms with Gasteiger partial charge >= 0.3 is 0 Å². The normalized spacial score (nSPS) is 10.3. The van der Waals surface area contributed by atoms with Gasteiger partial charge in [-0.1, -0.05) is 42.5 Å². The summed E-state index contributed by atoms with van der Waals surface area (Å²) in [6.07, 6.45) is 0.679. The fraction of sp³-hybridized carbons (Fsp3) is 0.0556. The van der Waals surface area contributed by atoms with Gasteiger partial charge in [0.2, 0.25) is 0 Å². The van der Waals surface area contributed by atoms with E-state index in [2.05, 4.69) is 12.1 Å². The number of ether oxygens (including phenoxy) is 1. The highest BCUT2D eigenvalue weighted by molar-refractivity contribution is 5.70. The summed E-state index contributed by atoms with van der Waals surface area (Å²) in [5.74, 6) is 1.70. The molecule has 3 rings (SSSR count). The average molecular weight is 278 g/mol. The second-order valence-electron chi connectivity index (χ2n) is 4.60. The molecule has 0 atom stereocenters. The standard InChI is InChI=1S/C18H14O3/c19-12-17-10-11-18(21-17)13-20-16-8-6-15(7-9-16)14-4-2-1-3-5-14/h1-12H,13H2. The molecule has 2 aromatic carbocycles. The van der Waals surface area contributed by atoms with E-state index in [-0.39, 0.29) is 0 Å². The molecule has 0 bridgehead atoms. The largest absolute Gasteiger partial charge is 0.486 e. The SMILES string of the molecule is O=Cc1ccc(COc2ccc(-c3ccccc3)cc2)o1. The van der Waals surface area contributed by atoms with Gasteiger partial charge in [0.15, 0.2) is 12.0 Å². The predicted molar refractivity (Wildman–Crippen MR) is 80.3 cm³/mol. The molecule has 1 heterocycles. The Bertz CT molecular complexity index is 712. The van der Waals surface area contributed by atoms with Crippen molar-refractivity contribution in [3.8, 4) is 16.9 Å². The molecule has 0 amide bonds. The molecule has 0 aliphatic heterocycles. The third-order valence-electron chi connectivity index (χ3n) is 3.14. The lowest BCUT2D eigenvalue weighted by atomic mass is 10.1. The van der Waals surface area contributed by atoms with Crippen LogP contribution in [0.25, 0.3) is 11.1 Å². The monoisotopic (exact) mass is 278 g/mol. The molecule has 3 heteroatoms. The molecule has 0 N–H and O–H groups in total. The van der Waals surface area contributed by atoms with Crippen LogP contribution < -0.4 is 4.74 Å². The number of furan rings is 1. The number of rotatable bonds is 5. The smallest absolute Gasteiger partial charge is 0.185 e. The maximum absolute atomic E-state index is 10.5. The molecule has 21 heavy (non-hydrogen) atoms.